The zero-order valence-corrected chi connectivity index (χ0v) is 14.7. The van der Waals surface area contributed by atoms with Crippen LogP contribution in [0.1, 0.15) is 40.0 Å². The van der Waals surface area contributed by atoms with E-state index in [1.165, 1.54) is 6.08 Å². The van der Waals surface area contributed by atoms with Gasteiger partial charge in [0.25, 0.3) is 0 Å². The van der Waals surface area contributed by atoms with Crippen molar-refractivity contribution in [2.45, 2.75) is 40.0 Å². The molecule has 0 aromatic carbocycles. The van der Waals surface area contributed by atoms with Gasteiger partial charge in [-0.15, -0.1) is 0 Å². The van der Waals surface area contributed by atoms with Gasteiger partial charge < -0.3 is 0 Å². The molecule has 1 radical (unpaired) electrons. The Morgan fingerprint density at radius 3 is 1.68 bits per heavy atom. The van der Waals surface area contributed by atoms with Gasteiger partial charge in [-0.25, -0.2) is 0 Å². The molecule has 0 aliphatic carbocycles. The molecule has 0 aliphatic heterocycles. The summed E-state index contributed by atoms with van der Waals surface area (Å²) in [4.78, 5) is 0. The quantitative estimate of drug-likeness (QED) is 0.688. The van der Waals surface area contributed by atoms with Gasteiger partial charge >= 0.3 is 0 Å². The standard InChI is InChI=1S/C7H10N2.C4H7N.C3H3N.Pm/c1-2-7(6-9)4-3-5-8;1-4(2)3-5;1-2-3-4;/h7H,2-4H2,1H3;4H,1-2H3;2H,1H2;. The average Bonchev–Trinajstić information content (AvgIpc) is 2.41. The largest absolute Gasteiger partial charge is 0.198 e. The Balaban J connectivity index is -0.0000000964. The molecule has 0 rings (SSSR count). The van der Waals surface area contributed by atoms with Gasteiger partial charge in [-0.1, -0.05) is 13.5 Å². The fraction of sp³-hybridized carbons (Fsp3) is 0.571. The molecule has 19 heavy (non-hydrogen) atoms. The van der Waals surface area contributed by atoms with E-state index in [4.69, 9.17) is 21.0 Å². The molecule has 0 aromatic heterocycles. The number of nitrogens with zero attached hydrogens (tertiary/aromatic N) is 4. The van der Waals surface area contributed by atoms with Crippen LogP contribution in [0, 0.1) is 97.5 Å². The molecule has 0 fully saturated rings. The Kier molecular flexibility index (Phi) is 36.1. The Hall–Kier alpha value is -0.962. The third kappa shape index (κ3) is 38.2. The van der Waals surface area contributed by atoms with E-state index < -0.39 is 0 Å². The van der Waals surface area contributed by atoms with E-state index in [0.717, 1.165) is 12.8 Å². The van der Waals surface area contributed by atoms with Gasteiger partial charge in [0, 0.05) is 64.7 Å². The number of allylic oxidation sites excluding steroid dienone is 1. The van der Waals surface area contributed by atoms with Gasteiger partial charge in [0.05, 0.1) is 24.3 Å². The van der Waals surface area contributed by atoms with Crippen molar-refractivity contribution >= 4 is 0 Å². The van der Waals surface area contributed by atoms with Crippen molar-refractivity contribution in [2.75, 3.05) is 0 Å². The predicted molar refractivity (Wildman–Crippen MR) is 70.5 cm³/mol. The van der Waals surface area contributed by atoms with E-state index in [2.05, 4.69) is 12.6 Å². The van der Waals surface area contributed by atoms with Crippen LogP contribution in [0.3, 0.4) is 0 Å². The van der Waals surface area contributed by atoms with Gasteiger partial charge in [-0.3, -0.25) is 0 Å². The van der Waals surface area contributed by atoms with Crippen LogP contribution in [0.15, 0.2) is 12.7 Å². The first-order chi connectivity index (χ1) is 8.53. The average molecular weight is 389 g/mol. The zero-order chi connectivity index (χ0) is 14.8. The smallest absolute Gasteiger partial charge is 0.0905 e. The predicted octanol–water partition coefficient (Wildman–Crippen LogP) is 3.70. The fourth-order valence-electron chi connectivity index (χ4n) is 0.599. The molecule has 0 heterocycles. The van der Waals surface area contributed by atoms with Gasteiger partial charge in [-0.2, -0.15) is 21.0 Å². The van der Waals surface area contributed by atoms with Crippen LogP contribution in [0.25, 0.3) is 0 Å². The molecule has 0 saturated carbocycles. The number of rotatable bonds is 3. The SMILES string of the molecule is C=CC#N.CC(C)C#N.CCC(C#N)CCC#N.[Pm]. The maximum Gasteiger partial charge on any atom is 0.0905 e. The second-order valence-electron chi connectivity index (χ2n) is 3.55. The van der Waals surface area contributed by atoms with Crippen molar-refractivity contribution in [2.24, 2.45) is 11.8 Å². The molecule has 1 atom stereocenters. The molecule has 5 heteroatoms. The van der Waals surface area contributed by atoms with Crippen LogP contribution in [-0.4, -0.2) is 0 Å². The first-order valence-corrected chi connectivity index (χ1v) is 5.70. The number of hydrogen-bond donors (Lipinski definition) is 0. The third-order valence-corrected chi connectivity index (χ3v) is 1.63. The van der Waals surface area contributed by atoms with Crippen molar-refractivity contribution in [3.05, 3.63) is 12.7 Å². The topological polar surface area (TPSA) is 95.2 Å². The van der Waals surface area contributed by atoms with Crippen molar-refractivity contribution < 1.29 is 40.4 Å². The van der Waals surface area contributed by atoms with Crippen LogP contribution in [0.2, 0.25) is 0 Å². The minimum atomic E-state index is 0. The summed E-state index contributed by atoms with van der Waals surface area (Å²) in [5, 5.41) is 31.9. The molecule has 0 bridgehead atoms. The summed E-state index contributed by atoms with van der Waals surface area (Å²) in [6.07, 6.45) is 3.27. The van der Waals surface area contributed by atoms with E-state index in [9.17, 15) is 0 Å². The second-order valence-corrected chi connectivity index (χ2v) is 3.55. The van der Waals surface area contributed by atoms with Crippen molar-refractivity contribution in [3.8, 4) is 24.3 Å². The molecule has 1 unspecified atom stereocenters. The summed E-state index contributed by atoms with van der Waals surface area (Å²) in [5.74, 6) is 0.277. The van der Waals surface area contributed by atoms with E-state index in [1.807, 2.05) is 32.9 Å². The minimum absolute atomic E-state index is 0. The van der Waals surface area contributed by atoms with Crippen LogP contribution in [-0.2, 0) is 0 Å². The van der Waals surface area contributed by atoms with E-state index >= 15 is 0 Å². The van der Waals surface area contributed by atoms with Gasteiger partial charge in [0.2, 0.25) is 0 Å². The first kappa shape index (κ1) is 26.6. The molecular weight excluding hydrogens is 369 g/mol. The van der Waals surface area contributed by atoms with E-state index in [1.54, 1.807) is 6.07 Å². The number of hydrogen-bond acceptors (Lipinski definition) is 4. The third-order valence-electron chi connectivity index (χ3n) is 1.63. The number of nitriles is 4. The monoisotopic (exact) mass is 389 g/mol. The molecule has 0 saturated heterocycles. The maximum absolute atomic E-state index is 8.39. The van der Waals surface area contributed by atoms with Crippen LogP contribution >= 0.6 is 0 Å². The molecule has 0 aliphatic rings. The minimum Gasteiger partial charge on any atom is -0.198 e. The summed E-state index contributed by atoms with van der Waals surface area (Å²) in [6.45, 7) is 8.80. The molecule has 0 aromatic rings. The van der Waals surface area contributed by atoms with Crippen molar-refractivity contribution in [3.63, 3.8) is 0 Å². The molecular formula is C14H20N4Pm. The van der Waals surface area contributed by atoms with Gasteiger partial charge in [-0.05, 0) is 26.7 Å². The molecule has 101 valence electrons. The van der Waals surface area contributed by atoms with E-state index in [0.29, 0.717) is 6.42 Å². The molecule has 0 amide bonds. The zero-order valence-electron chi connectivity index (χ0n) is 11.8. The molecule has 4 nitrogen and oxygen atoms in total. The summed E-state index contributed by atoms with van der Waals surface area (Å²) >= 11 is 0. The maximum atomic E-state index is 8.39. The van der Waals surface area contributed by atoms with Gasteiger partial charge in [0.1, 0.15) is 0 Å². The normalized spacial score (nSPS) is 8.21. The Morgan fingerprint density at radius 1 is 1.11 bits per heavy atom. The summed E-state index contributed by atoms with van der Waals surface area (Å²) in [5.41, 5.74) is 0. The van der Waals surface area contributed by atoms with Crippen molar-refractivity contribution in [1.29, 1.82) is 21.0 Å². The van der Waals surface area contributed by atoms with Crippen molar-refractivity contribution in [1.82, 2.24) is 0 Å². The molecule has 0 N–H and O–H groups in total. The van der Waals surface area contributed by atoms with E-state index in [-0.39, 0.29) is 52.2 Å². The molecule has 0 spiro atoms. The second kappa shape index (κ2) is 25.8. The Morgan fingerprint density at radius 2 is 1.53 bits per heavy atom. The summed E-state index contributed by atoms with van der Waals surface area (Å²) in [6, 6.07) is 7.87. The van der Waals surface area contributed by atoms with Gasteiger partial charge in [0.15, 0.2) is 0 Å². The Bertz CT molecular complexity index is 350. The summed E-state index contributed by atoms with van der Waals surface area (Å²) in [7, 11) is 0. The Labute approximate surface area is 149 Å². The first-order valence-electron chi connectivity index (χ1n) is 5.70. The van der Waals surface area contributed by atoms with Crippen LogP contribution in [0.5, 0.6) is 0 Å². The van der Waals surface area contributed by atoms with Crippen LogP contribution < -0.4 is 0 Å². The summed E-state index contributed by atoms with van der Waals surface area (Å²) < 4.78 is 0. The fourth-order valence-corrected chi connectivity index (χ4v) is 0.599. The van der Waals surface area contributed by atoms with Crippen LogP contribution in [0.4, 0.5) is 0 Å².